The Labute approximate surface area is 144 Å². The number of hydrogen-bond donors (Lipinski definition) is 0. The molecule has 130 valence electrons. The van der Waals surface area contributed by atoms with Crippen molar-refractivity contribution < 1.29 is 0 Å². The molecular formula is C21H36N2. The van der Waals surface area contributed by atoms with Crippen molar-refractivity contribution in [2.75, 3.05) is 23.9 Å². The first-order valence-electron chi connectivity index (χ1n) is 8.59. The van der Waals surface area contributed by atoms with E-state index in [1.54, 1.807) is 0 Å². The van der Waals surface area contributed by atoms with E-state index in [1.807, 2.05) is 0 Å². The molecule has 0 bridgehead atoms. The zero-order chi connectivity index (χ0) is 18.0. The Morgan fingerprint density at radius 2 is 1.26 bits per heavy atom. The van der Waals surface area contributed by atoms with Crippen LogP contribution in [-0.2, 0) is 6.42 Å². The van der Waals surface area contributed by atoms with Gasteiger partial charge in [0.05, 0.1) is 0 Å². The SMILES string of the molecule is C/C=C(/C)Cc1cc(N(C)C(C)(C)C)cc(N(C)C(C)(C)C)c1. The highest BCUT2D eigenvalue weighted by atomic mass is 15.2. The Kier molecular flexibility index (Phi) is 5.95. The van der Waals surface area contributed by atoms with Crippen LogP contribution in [0.25, 0.3) is 0 Å². The fourth-order valence-electron chi connectivity index (χ4n) is 2.34. The predicted octanol–water partition coefficient (Wildman–Crippen LogP) is 5.66. The van der Waals surface area contributed by atoms with Crippen molar-refractivity contribution in [2.45, 2.75) is 72.9 Å². The molecule has 0 radical (unpaired) electrons. The van der Waals surface area contributed by atoms with Gasteiger partial charge in [0.15, 0.2) is 0 Å². The van der Waals surface area contributed by atoms with Crippen LogP contribution in [0.2, 0.25) is 0 Å². The van der Waals surface area contributed by atoms with Crippen molar-refractivity contribution in [3.8, 4) is 0 Å². The topological polar surface area (TPSA) is 6.48 Å². The minimum atomic E-state index is 0.103. The zero-order valence-corrected chi connectivity index (χ0v) is 16.9. The largest absolute Gasteiger partial charge is 0.370 e. The number of nitrogens with zero attached hydrogens (tertiary/aromatic N) is 2. The van der Waals surface area contributed by atoms with E-state index in [0.717, 1.165) is 6.42 Å². The average Bonchev–Trinajstić information content (AvgIpc) is 2.43. The second kappa shape index (κ2) is 6.98. The maximum atomic E-state index is 2.36. The molecule has 2 heteroatoms. The Bertz CT molecular complexity index is 518. The standard InChI is InChI=1S/C21H36N2/c1-11-16(2)12-17-13-18(22(9)20(3,4)5)15-19(14-17)23(10)21(6,7)8/h11,13-15H,12H2,1-10H3/b16-11-. The van der Waals surface area contributed by atoms with Crippen LogP contribution in [0, 0.1) is 0 Å². The van der Waals surface area contributed by atoms with E-state index in [9.17, 15) is 0 Å². The summed E-state index contributed by atoms with van der Waals surface area (Å²) in [6, 6.07) is 6.97. The number of benzene rings is 1. The summed E-state index contributed by atoms with van der Waals surface area (Å²) in [4.78, 5) is 4.73. The Morgan fingerprint density at radius 1 is 0.870 bits per heavy atom. The number of anilines is 2. The lowest BCUT2D eigenvalue weighted by atomic mass is 9.99. The molecule has 0 heterocycles. The van der Waals surface area contributed by atoms with E-state index in [0.29, 0.717) is 0 Å². The molecule has 2 nitrogen and oxygen atoms in total. The molecule has 0 aliphatic rings. The maximum Gasteiger partial charge on any atom is 0.0391 e. The molecule has 0 saturated carbocycles. The quantitative estimate of drug-likeness (QED) is 0.661. The number of hydrogen-bond acceptors (Lipinski definition) is 2. The third-order valence-electron chi connectivity index (χ3n) is 4.73. The van der Waals surface area contributed by atoms with Crippen molar-refractivity contribution in [1.29, 1.82) is 0 Å². The van der Waals surface area contributed by atoms with Gasteiger partial charge in [-0.05, 0) is 85.6 Å². The third-order valence-corrected chi connectivity index (χ3v) is 4.73. The summed E-state index contributed by atoms with van der Waals surface area (Å²) in [7, 11) is 4.37. The molecule has 0 atom stereocenters. The summed E-state index contributed by atoms with van der Waals surface area (Å²) >= 11 is 0. The summed E-state index contributed by atoms with van der Waals surface area (Å²) in [6.07, 6.45) is 3.21. The minimum Gasteiger partial charge on any atom is -0.370 e. The van der Waals surface area contributed by atoms with E-state index in [-0.39, 0.29) is 11.1 Å². The molecule has 0 fully saturated rings. The van der Waals surface area contributed by atoms with Crippen LogP contribution in [0.3, 0.4) is 0 Å². The summed E-state index contributed by atoms with van der Waals surface area (Å²) in [5.74, 6) is 0. The van der Waals surface area contributed by atoms with Gasteiger partial charge in [0.1, 0.15) is 0 Å². The van der Waals surface area contributed by atoms with E-state index in [1.165, 1.54) is 22.5 Å². The van der Waals surface area contributed by atoms with Crippen molar-refractivity contribution in [3.05, 3.63) is 35.4 Å². The van der Waals surface area contributed by atoms with E-state index >= 15 is 0 Å². The summed E-state index contributed by atoms with van der Waals surface area (Å²) in [5, 5.41) is 0. The summed E-state index contributed by atoms with van der Waals surface area (Å²) < 4.78 is 0. The number of allylic oxidation sites excluding steroid dienone is 2. The highest BCUT2D eigenvalue weighted by Crippen LogP contribution is 2.31. The molecule has 0 aromatic heterocycles. The Balaban J connectivity index is 3.38. The van der Waals surface area contributed by atoms with Gasteiger partial charge >= 0.3 is 0 Å². The second-order valence-corrected chi connectivity index (χ2v) is 8.63. The zero-order valence-electron chi connectivity index (χ0n) is 16.9. The van der Waals surface area contributed by atoms with Crippen molar-refractivity contribution >= 4 is 11.4 Å². The first-order chi connectivity index (χ1) is 10.4. The third kappa shape index (κ3) is 5.30. The van der Waals surface area contributed by atoms with Gasteiger partial charge in [0.25, 0.3) is 0 Å². The van der Waals surface area contributed by atoms with Crippen molar-refractivity contribution in [3.63, 3.8) is 0 Å². The molecule has 1 rings (SSSR count). The number of rotatable bonds is 4. The van der Waals surface area contributed by atoms with Gasteiger partial charge in [-0.2, -0.15) is 0 Å². The molecule has 1 aromatic carbocycles. The summed E-state index contributed by atoms with van der Waals surface area (Å²) in [6.45, 7) is 17.8. The Hall–Kier alpha value is -1.44. The van der Waals surface area contributed by atoms with Gasteiger partial charge < -0.3 is 9.80 Å². The first-order valence-corrected chi connectivity index (χ1v) is 8.59. The normalized spacial score (nSPS) is 13.2. The van der Waals surface area contributed by atoms with Crippen LogP contribution in [-0.4, -0.2) is 25.2 Å². The first kappa shape index (κ1) is 19.6. The monoisotopic (exact) mass is 316 g/mol. The molecule has 23 heavy (non-hydrogen) atoms. The van der Waals surface area contributed by atoms with Gasteiger partial charge in [-0.25, -0.2) is 0 Å². The highest BCUT2D eigenvalue weighted by Gasteiger charge is 2.22. The molecule has 0 aliphatic heterocycles. The average molecular weight is 317 g/mol. The summed E-state index contributed by atoms with van der Waals surface area (Å²) in [5.41, 5.74) is 5.55. The molecule has 0 aliphatic carbocycles. The van der Waals surface area contributed by atoms with E-state index in [4.69, 9.17) is 0 Å². The van der Waals surface area contributed by atoms with Crippen LogP contribution < -0.4 is 9.80 Å². The van der Waals surface area contributed by atoms with Gasteiger partial charge in [0, 0.05) is 36.5 Å². The molecule has 0 N–H and O–H groups in total. The van der Waals surface area contributed by atoms with Crippen molar-refractivity contribution in [2.24, 2.45) is 0 Å². The lowest BCUT2D eigenvalue weighted by Crippen LogP contribution is -2.39. The lowest BCUT2D eigenvalue weighted by molar-refractivity contribution is 0.533. The molecule has 0 amide bonds. The van der Waals surface area contributed by atoms with E-state index in [2.05, 4.69) is 104 Å². The second-order valence-electron chi connectivity index (χ2n) is 8.63. The molecular weight excluding hydrogens is 280 g/mol. The predicted molar refractivity (Wildman–Crippen MR) is 106 cm³/mol. The minimum absolute atomic E-state index is 0.103. The van der Waals surface area contributed by atoms with Crippen LogP contribution >= 0.6 is 0 Å². The van der Waals surface area contributed by atoms with Crippen LogP contribution in [0.5, 0.6) is 0 Å². The molecule has 1 aromatic rings. The van der Waals surface area contributed by atoms with Crippen LogP contribution in [0.1, 0.15) is 61.0 Å². The van der Waals surface area contributed by atoms with Crippen molar-refractivity contribution in [1.82, 2.24) is 0 Å². The molecule has 0 unspecified atom stereocenters. The molecule has 0 spiro atoms. The van der Waals surface area contributed by atoms with Gasteiger partial charge in [0.2, 0.25) is 0 Å². The van der Waals surface area contributed by atoms with Gasteiger partial charge in [-0.15, -0.1) is 0 Å². The highest BCUT2D eigenvalue weighted by molar-refractivity contribution is 5.63. The lowest BCUT2D eigenvalue weighted by Gasteiger charge is -2.38. The van der Waals surface area contributed by atoms with Crippen LogP contribution in [0.15, 0.2) is 29.8 Å². The van der Waals surface area contributed by atoms with Gasteiger partial charge in [-0.1, -0.05) is 11.6 Å². The fourth-order valence-corrected chi connectivity index (χ4v) is 2.34. The maximum absolute atomic E-state index is 2.36. The van der Waals surface area contributed by atoms with Gasteiger partial charge in [-0.3, -0.25) is 0 Å². The Morgan fingerprint density at radius 3 is 1.57 bits per heavy atom. The van der Waals surface area contributed by atoms with E-state index < -0.39 is 0 Å². The van der Waals surface area contributed by atoms with Crippen LogP contribution in [0.4, 0.5) is 11.4 Å². The molecule has 0 saturated heterocycles. The smallest absolute Gasteiger partial charge is 0.0391 e. The fraction of sp³-hybridized carbons (Fsp3) is 0.619.